The van der Waals surface area contributed by atoms with Gasteiger partial charge in [-0.15, -0.1) is 0 Å². The van der Waals surface area contributed by atoms with Crippen molar-refractivity contribution in [3.8, 4) is 0 Å². The highest BCUT2D eigenvalue weighted by atomic mass is 19.1. The minimum absolute atomic E-state index is 0.141. The van der Waals surface area contributed by atoms with Gasteiger partial charge >= 0.3 is 0 Å². The molecule has 0 saturated carbocycles. The lowest BCUT2D eigenvalue weighted by atomic mass is 9.92. The number of rotatable bonds is 2. The molecular formula is C14H16FNO2. The molecule has 0 amide bonds. The second kappa shape index (κ2) is 4.71. The molecule has 2 aromatic rings. The molecule has 1 saturated heterocycles. The molecule has 18 heavy (non-hydrogen) atoms. The Morgan fingerprint density at radius 1 is 1.44 bits per heavy atom. The third-order valence-corrected chi connectivity index (χ3v) is 3.59. The summed E-state index contributed by atoms with van der Waals surface area (Å²) in [5, 5.41) is 14.2. The van der Waals surface area contributed by atoms with Gasteiger partial charge in [-0.2, -0.15) is 0 Å². The molecule has 1 aromatic carbocycles. The molecule has 4 heteroatoms. The number of aliphatic hydroxyl groups excluding tert-OH is 1. The predicted molar refractivity (Wildman–Crippen MR) is 66.7 cm³/mol. The second-order valence-corrected chi connectivity index (χ2v) is 4.86. The maximum atomic E-state index is 13.5. The fourth-order valence-corrected chi connectivity index (χ4v) is 2.57. The maximum absolute atomic E-state index is 13.5. The van der Waals surface area contributed by atoms with Crippen molar-refractivity contribution in [1.82, 2.24) is 5.32 Å². The Bertz CT molecular complexity index is 546. The van der Waals surface area contributed by atoms with Crippen molar-refractivity contribution in [2.45, 2.75) is 18.9 Å². The zero-order valence-corrected chi connectivity index (χ0v) is 10.0. The van der Waals surface area contributed by atoms with Crippen LogP contribution in [0.4, 0.5) is 4.39 Å². The lowest BCUT2D eigenvalue weighted by Gasteiger charge is -2.25. The largest absolute Gasteiger partial charge is 0.455 e. The molecule has 2 atom stereocenters. The van der Waals surface area contributed by atoms with Crippen LogP contribution in [0.5, 0.6) is 0 Å². The zero-order valence-electron chi connectivity index (χ0n) is 10.0. The van der Waals surface area contributed by atoms with Crippen LogP contribution in [-0.4, -0.2) is 18.2 Å². The summed E-state index contributed by atoms with van der Waals surface area (Å²) in [6, 6.07) is 6.53. The van der Waals surface area contributed by atoms with Gasteiger partial charge in [-0.1, -0.05) is 12.1 Å². The Labute approximate surface area is 105 Å². The predicted octanol–water partition coefficient (Wildman–Crippen LogP) is 2.60. The van der Waals surface area contributed by atoms with Gasteiger partial charge in [0.15, 0.2) is 11.4 Å². The molecular weight excluding hydrogens is 233 g/mol. The highest BCUT2D eigenvalue weighted by Crippen LogP contribution is 2.32. The standard InChI is InChI=1S/C14H16FNO2/c15-11-5-1-3-9-7-12(18-14(9)11)13(17)10-4-2-6-16-8-10/h1,3,5,7,10,13,16-17H,2,4,6,8H2. The monoisotopic (exact) mass is 249 g/mol. The molecule has 0 spiro atoms. The number of benzene rings is 1. The summed E-state index contributed by atoms with van der Waals surface area (Å²) >= 11 is 0. The molecule has 1 aliphatic rings. The van der Waals surface area contributed by atoms with E-state index in [0.717, 1.165) is 25.9 Å². The van der Waals surface area contributed by atoms with E-state index in [1.165, 1.54) is 6.07 Å². The van der Waals surface area contributed by atoms with E-state index in [1.54, 1.807) is 18.2 Å². The van der Waals surface area contributed by atoms with Crippen LogP contribution in [0.3, 0.4) is 0 Å². The van der Waals surface area contributed by atoms with Crippen LogP contribution in [0.15, 0.2) is 28.7 Å². The molecule has 0 aliphatic carbocycles. The topological polar surface area (TPSA) is 45.4 Å². The van der Waals surface area contributed by atoms with Crippen molar-refractivity contribution in [2.24, 2.45) is 5.92 Å². The SMILES string of the molecule is OC(c1cc2cccc(F)c2o1)C1CCCNC1. The average molecular weight is 249 g/mol. The molecule has 3 rings (SSSR count). The summed E-state index contributed by atoms with van der Waals surface area (Å²) in [6.07, 6.45) is 1.36. The number of hydrogen-bond acceptors (Lipinski definition) is 3. The van der Waals surface area contributed by atoms with E-state index in [0.29, 0.717) is 11.1 Å². The van der Waals surface area contributed by atoms with E-state index >= 15 is 0 Å². The molecule has 1 aromatic heterocycles. The Kier molecular flexibility index (Phi) is 3.06. The Balaban J connectivity index is 1.91. The highest BCUT2D eigenvalue weighted by Gasteiger charge is 2.26. The number of piperidine rings is 1. The Morgan fingerprint density at radius 2 is 2.33 bits per heavy atom. The van der Waals surface area contributed by atoms with Gasteiger partial charge in [0.05, 0.1) is 0 Å². The lowest BCUT2D eigenvalue weighted by Crippen LogP contribution is -2.33. The maximum Gasteiger partial charge on any atom is 0.170 e. The number of fused-ring (bicyclic) bond motifs is 1. The summed E-state index contributed by atoms with van der Waals surface area (Å²) in [4.78, 5) is 0. The molecule has 2 heterocycles. The second-order valence-electron chi connectivity index (χ2n) is 4.86. The summed E-state index contributed by atoms with van der Waals surface area (Å²) in [5.41, 5.74) is 0.232. The van der Waals surface area contributed by atoms with E-state index in [4.69, 9.17) is 4.42 Å². The van der Waals surface area contributed by atoms with Crippen LogP contribution in [-0.2, 0) is 0 Å². The molecule has 2 N–H and O–H groups in total. The molecule has 1 fully saturated rings. The first-order valence-electron chi connectivity index (χ1n) is 6.32. The van der Waals surface area contributed by atoms with Crippen LogP contribution in [0, 0.1) is 11.7 Å². The van der Waals surface area contributed by atoms with Crippen molar-refractivity contribution < 1.29 is 13.9 Å². The van der Waals surface area contributed by atoms with Gasteiger partial charge in [0.2, 0.25) is 0 Å². The van der Waals surface area contributed by atoms with Crippen molar-refractivity contribution in [3.05, 3.63) is 35.8 Å². The van der Waals surface area contributed by atoms with Crippen molar-refractivity contribution in [2.75, 3.05) is 13.1 Å². The lowest BCUT2D eigenvalue weighted by molar-refractivity contribution is 0.0734. The Morgan fingerprint density at radius 3 is 3.06 bits per heavy atom. The third kappa shape index (κ3) is 2.02. The number of hydrogen-bond donors (Lipinski definition) is 2. The smallest absolute Gasteiger partial charge is 0.170 e. The normalized spacial score (nSPS) is 22.2. The van der Waals surface area contributed by atoms with Crippen LogP contribution in [0.2, 0.25) is 0 Å². The van der Waals surface area contributed by atoms with E-state index in [-0.39, 0.29) is 17.3 Å². The molecule has 3 nitrogen and oxygen atoms in total. The van der Waals surface area contributed by atoms with Crippen molar-refractivity contribution in [1.29, 1.82) is 0 Å². The number of nitrogens with one attached hydrogen (secondary N) is 1. The highest BCUT2D eigenvalue weighted by molar-refractivity contribution is 5.78. The van der Waals surface area contributed by atoms with Crippen LogP contribution in [0.25, 0.3) is 11.0 Å². The van der Waals surface area contributed by atoms with E-state index < -0.39 is 6.10 Å². The first-order valence-corrected chi connectivity index (χ1v) is 6.32. The molecule has 96 valence electrons. The number of aliphatic hydroxyl groups is 1. The van der Waals surface area contributed by atoms with Crippen molar-refractivity contribution in [3.63, 3.8) is 0 Å². The summed E-state index contributed by atoms with van der Waals surface area (Å²) in [7, 11) is 0. The third-order valence-electron chi connectivity index (χ3n) is 3.59. The number of para-hydroxylation sites is 1. The molecule has 0 radical (unpaired) electrons. The van der Waals surface area contributed by atoms with Gasteiger partial charge in [-0.05, 0) is 31.5 Å². The van der Waals surface area contributed by atoms with Crippen molar-refractivity contribution >= 4 is 11.0 Å². The van der Waals surface area contributed by atoms with Gasteiger partial charge in [0.1, 0.15) is 11.9 Å². The number of halogens is 1. The minimum Gasteiger partial charge on any atom is -0.455 e. The fourth-order valence-electron chi connectivity index (χ4n) is 2.57. The minimum atomic E-state index is -0.662. The van der Waals surface area contributed by atoms with Gasteiger partial charge < -0.3 is 14.8 Å². The van der Waals surface area contributed by atoms with Crippen LogP contribution < -0.4 is 5.32 Å². The van der Waals surface area contributed by atoms with Crippen LogP contribution in [0.1, 0.15) is 24.7 Å². The number of furan rings is 1. The quantitative estimate of drug-likeness (QED) is 0.860. The summed E-state index contributed by atoms with van der Waals surface area (Å²) < 4.78 is 19.0. The van der Waals surface area contributed by atoms with Crippen LogP contribution >= 0.6 is 0 Å². The Hall–Kier alpha value is -1.39. The van der Waals surface area contributed by atoms with Gasteiger partial charge in [0, 0.05) is 17.8 Å². The first-order chi connectivity index (χ1) is 8.75. The van der Waals surface area contributed by atoms with E-state index in [1.807, 2.05) is 0 Å². The van der Waals surface area contributed by atoms with E-state index in [2.05, 4.69) is 5.32 Å². The van der Waals surface area contributed by atoms with E-state index in [9.17, 15) is 9.50 Å². The summed E-state index contributed by atoms with van der Waals surface area (Å²) in [6.45, 7) is 1.78. The van der Waals surface area contributed by atoms with Gasteiger partial charge in [-0.25, -0.2) is 4.39 Å². The molecule has 1 aliphatic heterocycles. The molecule has 0 bridgehead atoms. The van der Waals surface area contributed by atoms with Gasteiger partial charge in [-0.3, -0.25) is 0 Å². The fraction of sp³-hybridized carbons (Fsp3) is 0.429. The molecule has 2 unspecified atom stereocenters. The zero-order chi connectivity index (χ0) is 12.5. The van der Waals surface area contributed by atoms with Gasteiger partial charge in [0.25, 0.3) is 0 Å². The first kappa shape index (κ1) is 11.7. The summed E-state index contributed by atoms with van der Waals surface area (Å²) in [5.74, 6) is 0.221. The average Bonchev–Trinajstić information content (AvgIpc) is 2.84.